The summed E-state index contributed by atoms with van der Waals surface area (Å²) in [4.78, 5) is 23.3. The normalized spacial score (nSPS) is 11.0. The zero-order valence-corrected chi connectivity index (χ0v) is 18.4. The van der Waals surface area contributed by atoms with E-state index in [4.69, 9.17) is 16.7 Å². The maximum absolute atomic E-state index is 12.1. The third-order valence-electron chi connectivity index (χ3n) is 4.76. The van der Waals surface area contributed by atoms with Gasteiger partial charge in [-0.15, -0.1) is 0 Å². The number of benzene rings is 2. The Hall–Kier alpha value is -3.58. The van der Waals surface area contributed by atoms with Crippen LogP contribution < -0.4 is 10.7 Å². The van der Waals surface area contributed by atoms with Crippen molar-refractivity contribution in [2.75, 3.05) is 5.32 Å². The molecule has 3 aromatic rings. The van der Waals surface area contributed by atoms with Gasteiger partial charge < -0.3 is 15.0 Å². The van der Waals surface area contributed by atoms with Crippen molar-refractivity contribution in [3.8, 4) is 5.69 Å². The van der Waals surface area contributed by atoms with Gasteiger partial charge >= 0.3 is 12.0 Å². The summed E-state index contributed by atoms with van der Waals surface area (Å²) in [6.07, 6.45) is 1.56. The van der Waals surface area contributed by atoms with Crippen LogP contribution in [0.25, 0.3) is 5.69 Å². The maximum Gasteiger partial charge on any atom is 0.339 e. The number of carboxylic acid groups (broad SMARTS) is 1. The number of urea groups is 1. The smallest absolute Gasteiger partial charge is 0.339 e. The Labute approximate surface area is 185 Å². The van der Waals surface area contributed by atoms with Crippen molar-refractivity contribution in [2.45, 2.75) is 27.7 Å². The van der Waals surface area contributed by atoms with Crippen LogP contribution in [0.3, 0.4) is 0 Å². The molecule has 8 heteroatoms. The monoisotopic (exact) mass is 438 g/mol. The summed E-state index contributed by atoms with van der Waals surface area (Å²) in [6, 6.07) is 12.1. The number of aromatic nitrogens is 1. The number of nitrogens with zero attached hydrogens (tertiary/aromatic N) is 2. The molecular weight excluding hydrogens is 416 g/mol. The first-order valence-electron chi connectivity index (χ1n) is 9.56. The molecule has 0 radical (unpaired) electrons. The molecule has 0 aliphatic rings. The number of amides is 2. The highest BCUT2D eigenvalue weighted by atomic mass is 35.5. The fraction of sp³-hybridized carbons (Fsp3) is 0.174. The summed E-state index contributed by atoms with van der Waals surface area (Å²) in [7, 11) is 0. The van der Waals surface area contributed by atoms with Crippen molar-refractivity contribution >= 4 is 35.5 Å². The summed E-state index contributed by atoms with van der Waals surface area (Å²) in [6.45, 7) is 7.76. The summed E-state index contributed by atoms with van der Waals surface area (Å²) >= 11 is 6.12. The molecule has 7 nitrogen and oxygen atoms in total. The summed E-state index contributed by atoms with van der Waals surface area (Å²) < 4.78 is 1.94. The molecule has 0 aliphatic heterocycles. The minimum Gasteiger partial charge on any atom is -0.478 e. The first-order chi connectivity index (χ1) is 14.7. The van der Waals surface area contributed by atoms with Crippen LogP contribution >= 0.6 is 11.6 Å². The number of carbonyl (C=O) groups is 2. The van der Waals surface area contributed by atoms with Crippen LogP contribution in [0.1, 0.15) is 38.4 Å². The SMILES string of the molecule is Cc1cc(C)cc(NC(=O)N/N=C/c2cc(C)n(-c3ccc(C(=O)O)c(Cl)c3)c2C)c1. The van der Waals surface area contributed by atoms with Crippen LogP contribution in [0.4, 0.5) is 10.5 Å². The van der Waals surface area contributed by atoms with Crippen molar-refractivity contribution in [1.29, 1.82) is 0 Å². The third kappa shape index (κ3) is 5.13. The molecule has 0 aliphatic carbocycles. The van der Waals surface area contributed by atoms with Crippen LogP contribution in [-0.2, 0) is 0 Å². The zero-order valence-electron chi connectivity index (χ0n) is 17.7. The van der Waals surface area contributed by atoms with Crippen LogP contribution in [0.2, 0.25) is 5.02 Å². The van der Waals surface area contributed by atoms with Crippen molar-refractivity contribution in [3.63, 3.8) is 0 Å². The molecule has 0 bridgehead atoms. The molecule has 31 heavy (non-hydrogen) atoms. The number of anilines is 1. The van der Waals surface area contributed by atoms with E-state index in [0.29, 0.717) is 5.69 Å². The largest absolute Gasteiger partial charge is 0.478 e. The third-order valence-corrected chi connectivity index (χ3v) is 5.07. The number of hydrazone groups is 1. The first kappa shape index (κ1) is 22.1. The first-order valence-corrected chi connectivity index (χ1v) is 9.94. The lowest BCUT2D eigenvalue weighted by atomic mass is 10.1. The molecule has 0 spiro atoms. The summed E-state index contributed by atoms with van der Waals surface area (Å²) in [5.74, 6) is -1.07. The molecule has 160 valence electrons. The van der Waals surface area contributed by atoms with Crippen molar-refractivity contribution in [2.24, 2.45) is 5.10 Å². The van der Waals surface area contributed by atoms with Gasteiger partial charge in [0, 0.05) is 28.3 Å². The van der Waals surface area contributed by atoms with E-state index in [-0.39, 0.29) is 10.6 Å². The highest BCUT2D eigenvalue weighted by molar-refractivity contribution is 6.33. The number of rotatable bonds is 5. The van der Waals surface area contributed by atoms with E-state index in [1.807, 2.05) is 56.5 Å². The van der Waals surface area contributed by atoms with E-state index >= 15 is 0 Å². The van der Waals surface area contributed by atoms with Gasteiger partial charge in [-0.1, -0.05) is 17.7 Å². The van der Waals surface area contributed by atoms with Gasteiger partial charge in [0.25, 0.3) is 0 Å². The Morgan fingerprint density at radius 2 is 1.71 bits per heavy atom. The highest BCUT2D eigenvalue weighted by Gasteiger charge is 2.13. The second-order valence-electron chi connectivity index (χ2n) is 7.33. The van der Waals surface area contributed by atoms with Crippen LogP contribution in [0, 0.1) is 27.7 Å². The lowest BCUT2D eigenvalue weighted by Gasteiger charge is -2.11. The van der Waals surface area contributed by atoms with Gasteiger partial charge in [0.2, 0.25) is 0 Å². The molecule has 2 aromatic carbocycles. The van der Waals surface area contributed by atoms with Gasteiger partial charge in [-0.2, -0.15) is 5.10 Å². The quantitative estimate of drug-likeness (QED) is 0.376. The molecule has 1 heterocycles. The van der Waals surface area contributed by atoms with Gasteiger partial charge in [-0.3, -0.25) is 0 Å². The highest BCUT2D eigenvalue weighted by Crippen LogP contribution is 2.25. The molecular formula is C23H23ClN4O3. The molecule has 3 rings (SSSR count). The Balaban J connectivity index is 1.74. The Bertz CT molecular complexity index is 1180. The fourth-order valence-electron chi connectivity index (χ4n) is 3.50. The molecule has 1 aromatic heterocycles. The van der Waals surface area contributed by atoms with E-state index in [9.17, 15) is 9.59 Å². The molecule has 3 N–H and O–H groups in total. The lowest BCUT2D eigenvalue weighted by Crippen LogP contribution is -2.24. The van der Waals surface area contributed by atoms with Gasteiger partial charge in [-0.25, -0.2) is 15.0 Å². The number of carbonyl (C=O) groups excluding carboxylic acids is 1. The van der Waals surface area contributed by atoms with Gasteiger partial charge in [-0.05, 0) is 75.2 Å². The lowest BCUT2D eigenvalue weighted by molar-refractivity contribution is 0.0697. The Kier molecular flexibility index (Phi) is 6.46. The predicted molar refractivity (Wildman–Crippen MR) is 123 cm³/mol. The summed E-state index contributed by atoms with van der Waals surface area (Å²) in [5.41, 5.74) is 8.67. The minimum atomic E-state index is -1.07. The predicted octanol–water partition coefficient (Wildman–Crippen LogP) is 5.22. The van der Waals surface area contributed by atoms with E-state index in [2.05, 4.69) is 15.8 Å². The zero-order chi connectivity index (χ0) is 22.7. The number of carboxylic acids is 1. The van der Waals surface area contributed by atoms with E-state index < -0.39 is 12.0 Å². The maximum atomic E-state index is 12.1. The molecule has 0 unspecified atom stereocenters. The number of aryl methyl sites for hydroxylation is 3. The molecule has 0 atom stereocenters. The number of hydrogen-bond acceptors (Lipinski definition) is 3. The molecule has 0 saturated carbocycles. The van der Waals surface area contributed by atoms with Crippen molar-refractivity contribution < 1.29 is 14.7 Å². The number of nitrogens with one attached hydrogen (secondary N) is 2. The van der Waals surface area contributed by atoms with Crippen LogP contribution in [0.5, 0.6) is 0 Å². The van der Waals surface area contributed by atoms with Crippen LogP contribution in [0.15, 0.2) is 47.6 Å². The average molecular weight is 439 g/mol. The topological polar surface area (TPSA) is 95.7 Å². The van der Waals surface area contributed by atoms with E-state index in [1.54, 1.807) is 18.3 Å². The number of halogens is 1. The Morgan fingerprint density at radius 1 is 1.03 bits per heavy atom. The number of hydrogen-bond donors (Lipinski definition) is 3. The minimum absolute atomic E-state index is 0.0497. The van der Waals surface area contributed by atoms with E-state index in [0.717, 1.165) is 33.8 Å². The molecule has 0 saturated heterocycles. The summed E-state index contributed by atoms with van der Waals surface area (Å²) in [5, 5.41) is 16.1. The fourth-order valence-corrected chi connectivity index (χ4v) is 3.75. The standard InChI is InChI=1S/C23H23ClN4O3/c1-13-7-14(2)9-18(8-13)26-23(31)27-25-12-17-10-15(3)28(16(17)4)19-5-6-20(22(29)30)21(24)11-19/h5-12H,1-4H3,(H,29,30)(H2,26,27,31)/b25-12+. The van der Waals surface area contributed by atoms with Crippen LogP contribution in [-0.4, -0.2) is 27.9 Å². The second kappa shape index (κ2) is 9.06. The number of aromatic carboxylic acids is 1. The van der Waals surface area contributed by atoms with Gasteiger partial charge in [0.05, 0.1) is 16.8 Å². The Morgan fingerprint density at radius 3 is 2.32 bits per heavy atom. The van der Waals surface area contributed by atoms with Gasteiger partial charge in [0.15, 0.2) is 0 Å². The van der Waals surface area contributed by atoms with Gasteiger partial charge in [0.1, 0.15) is 0 Å². The molecule has 0 fully saturated rings. The average Bonchev–Trinajstić information content (AvgIpc) is 2.94. The van der Waals surface area contributed by atoms with Crippen molar-refractivity contribution in [3.05, 3.63) is 81.1 Å². The van der Waals surface area contributed by atoms with Crippen molar-refractivity contribution in [1.82, 2.24) is 9.99 Å². The van der Waals surface area contributed by atoms with E-state index in [1.165, 1.54) is 6.07 Å². The second-order valence-corrected chi connectivity index (χ2v) is 7.74. The molecule has 2 amide bonds.